The van der Waals surface area contributed by atoms with Crippen molar-refractivity contribution in [1.82, 2.24) is 0 Å². The molecule has 0 spiro atoms. The predicted molar refractivity (Wildman–Crippen MR) is 89.7 cm³/mol. The van der Waals surface area contributed by atoms with E-state index in [1.165, 1.54) is 24.3 Å². The van der Waals surface area contributed by atoms with Gasteiger partial charge >= 0.3 is 6.03 Å². The molecule has 3 aromatic carbocycles. The number of anilines is 2. The van der Waals surface area contributed by atoms with Crippen molar-refractivity contribution in [2.45, 2.75) is 0 Å². The number of non-ortho nitro benzene ring substituents is 1. The van der Waals surface area contributed by atoms with Crippen LogP contribution < -0.4 is 10.6 Å². The molecule has 0 aromatic heterocycles. The Morgan fingerprint density at radius 1 is 0.870 bits per heavy atom. The smallest absolute Gasteiger partial charge is 0.308 e. The van der Waals surface area contributed by atoms with Crippen LogP contribution in [0.4, 0.5) is 21.9 Å². The lowest BCUT2D eigenvalue weighted by Gasteiger charge is -2.10. The van der Waals surface area contributed by atoms with Crippen LogP contribution in [0.25, 0.3) is 10.8 Å². The molecule has 2 N–H and O–H groups in total. The van der Waals surface area contributed by atoms with E-state index in [2.05, 4.69) is 10.6 Å². The number of fused-ring (bicyclic) bond motifs is 1. The van der Waals surface area contributed by atoms with E-state index in [9.17, 15) is 14.9 Å². The number of nitro groups is 1. The van der Waals surface area contributed by atoms with Crippen LogP contribution in [0.15, 0.2) is 66.7 Å². The minimum Gasteiger partial charge on any atom is -0.308 e. The average molecular weight is 307 g/mol. The Hall–Kier alpha value is -3.41. The van der Waals surface area contributed by atoms with E-state index in [1.807, 2.05) is 42.5 Å². The van der Waals surface area contributed by atoms with E-state index in [-0.39, 0.29) is 5.69 Å². The number of hydrogen-bond acceptors (Lipinski definition) is 3. The highest BCUT2D eigenvalue weighted by atomic mass is 16.6. The summed E-state index contributed by atoms with van der Waals surface area (Å²) < 4.78 is 0. The molecule has 3 aromatic rings. The van der Waals surface area contributed by atoms with Gasteiger partial charge in [0.05, 0.1) is 10.6 Å². The molecule has 6 heteroatoms. The lowest BCUT2D eigenvalue weighted by Crippen LogP contribution is -2.19. The molecule has 0 bridgehead atoms. The van der Waals surface area contributed by atoms with Crippen LogP contribution in [0.5, 0.6) is 0 Å². The zero-order valence-corrected chi connectivity index (χ0v) is 12.0. The highest BCUT2D eigenvalue weighted by Gasteiger charge is 2.08. The van der Waals surface area contributed by atoms with Crippen LogP contribution in [-0.2, 0) is 0 Å². The van der Waals surface area contributed by atoms with Gasteiger partial charge in [0.1, 0.15) is 0 Å². The Bertz CT molecular complexity index is 870. The highest BCUT2D eigenvalue weighted by Crippen LogP contribution is 2.23. The first-order valence-electron chi connectivity index (χ1n) is 6.94. The van der Waals surface area contributed by atoms with Crippen LogP contribution in [-0.4, -0.2) is 11.0 Å². The number of carbonyl (C=O) groups is 1. The fourth-order valence-electron chi connectivity index (χ4n) is 2.29. The maximum Gasteiger partial charge on any atom is 0.323 e. The Labute approximate surface area is 131 Å². The number of nitro benzene ring substituents is 1. The number of nitrogens with zero attached hydrogens (tertiary/aromatic N) is 1. The molecule has 3 rings (SSSR count). The van der Waals surface area contributed by atoms with E-state index in [0.29, 0.717) is 11.4 Å². The van der Waals surface area contributed by atoms with Crippen molar-refractivity contribution >= 4 is 33.9 Å². The van der Waals surface area contributed by atoms with Gasteiger partial charge in [-0.3, -0.25) is 10.1 Å². The lowest BCUT2D eigenvalue weighted by atomic mass is 10.1. The molecule has 0 fully saturated rings. The Balaban J connectivity index is 1.75. The molecule has 0 radical (unpaired) electrons. The summed E-state index contributed by atoms with van der Waals surface area (Å²) in [4.78, 5) is 22.2. The van der Waals surface area contributed by atoms with Gasteiger partial charge < -0.3 is 10.6 Å². The molecule has 0 saturated carbocycles. The van der Waals surface area contributed by atoms with Crippen molar-refractivity contribution in [2.75, 3.05) is 10.6 Å². The van der Waals surface area contributed by atoms with Crippen molar-refractivity contribution in [3.8, 4) is 0 Å². The first-order valence-corrected chi connectivity index (χ1v) is 6.94. The Kier molecular flexibility index (Phi) is 3.88. The molecule has 0 heterocycles. The average Bonchev–Trinajstić information content (AvgIpc) is 2.55. The van der Waals surface area contributed by atoms with Gasteiger partial charge in [-0.15, -0.1) is 0 Å². The van der Waals surface area contributed by atoms with Gasteiger partial charge in [0, 0.05) is 23.2 Å². The largest absolute Gasteiger partial charge is 0.323 e. The molecule has 0 aliphatic heterocycles. The van der Waals surface area contributed by atoms with Crippen molar-refractivity contribution in [2.24, 2.45) is 0 Å². The van der Waals surface area contributed by atoms with Gasteiger partial charge in [-0.25, -0.2) is 4.79 Å². The number of rotatable bonds is 3. The van der Waals surface area contributed by atoms with E-state index in [4.69, 9.17) is 0 Å². The summed E-state index contributed by atoms with van der Waals surface area (Å²) in [6.45, 7) is 0. The number of benzene rings is 3. The summed E-state index contributed by atoms with van der Waals surface area (Å²) in [5, 5.41) is 18.0. The highest BCUT2D eigenvalue weighted by molar-refractivity contribution is 6.06. The van der Waals surface area contributed by atoms with Gasteiger partial charge in [-0.05, 0) is 23.6 Å². The molecule has 2 amide bonds. The van der Waals surface area contributed by atoms with E-state index >= 15 is 0 Å². The Morgan fingerprint density at radius 3 is 2.30 bits per heavy atom. The zero-order chi connectivity index (χ0) is 16.2. The van der Waals surface area contributed by atoms with E-state index < -0.39 is 11.0 Å². The molecule has 0 saturated heterocycles. The number of urea groups is 1. The van der Waals surface area contributed by atoms with Crippen LogP contribution in [0.2, 0.25) is 0 Å². The van der Waals surface area contributed by atoms with Crippen molar-refractivity contribution < 1.29 is 9.72 Å². The molecule has 0 aliphatic rings. The van der Waals surface area contributed by atoms with Gasteiger partial charge in [0.15, 0.2) is 0 Å². The summed E-state index contributed by atoms with van der Waals surface area (Å²) in [6.07, 6.45) is 0. The zero-order valence-electron chi connectivity index (χ0n) is 12.0. The van der Waals surface area contributed by atoms with Crippen LogP contribution >= 0.6 is 0 Å². The van der Waals surface area contributed by atoms with Gasteiger partial charge in [0.25, 0.3) is 5.69 Å². The van der Waals surface area contributed by atoms with Crippen LogP contribution in [0.1, 0.15) is 0 Å². The molecule has 6 nitrogen and oxygen atoms in total. The van der Waals surface area contributed by atoms with Gasteiger partial charge in [-0.1, -0.05) is 36.4 Å². The maximum atomic E-state index is 12.1. The minimum absolute atomic E-state index is 0.0231. The number of amides is 2. The summed E-state index contributed by atoms with van der Waals surface area (Å²) in [6, 6.07) is 18.6. The molecule has 23 heavy (non-hydrogen) atoms. The van der Waals surface area contributed by atoms with E-state index in [0.717, 1.165) is 10.8 Å². The fourth-order valence-corrected chi connectivity index (χ4v) is 2.29. The Morgan fingerprint density at radius 2 is 1.57 bits per heavy atom. The summed E-state index contributed by atoms with van der Waals surface area (Å²) in [5.74, 6) is 0. The monoisotopic (exact) mass is 307 g/mol. The SMILES string of the molecule is O=C(Nc1ccc([N+](=O)[O-])cc1)Nc1cccc2ccccc12. The molecular weight excluding hydrogens is 294 g/mol. The van der Waals surface area contributed by atoms with Crippen molar-refractivity contribution in [3.05, 3.63) is 76.8 Å². The summed E-state index contributed by atoms with van der Waals surface area (Å²) in [5.41, 5.74) is 1.15. The normalized spacial score (nSPS) is 10.3. The minimum atomic E-state index is -0.486. The topological polar surface area (TPSA) is 84.3 Å². The van der Waals surface area contributed by atoms with Crippen LogP contribution in [0.3, 0.4) is 0 Å². The molecule has 0 unspecified atom stereocenters. The van der Waals surface area contributed by atoms with Gasteiger partial charge in [-0.2, -0.15) is 0 Å². The van der Waals surface area contributed by atoms with Crippen molar-refractivity contribution in [3.63, 3.8) is 0 Å². The van der Waals surface area contributed by atoms with Gasteiger partial charge in [0.2, 0.25) is 0 Å². The second-order valence-corrected chi connectivity index (χ2v) is 4.91. The quantitative estimate of drug-likeness (QED) is 0.556. The van der Waals surface area contributed by atoms with E-state index in [1.54, 1.807) is 0 Å². The van der Waals surface area contributed by atoms with Crippen molar-refractivity contribution in [1.29, 1.82) is 0 Å². The molecule has 0 aliphatic carbocycles. The first-order chi connectivity index (χ1) is 11.1. The summed E-state index contributed by atoms with van der Waals surface area (Å²) >= 11 is 0. The number of carbonyl (C=O) groups excluding carboxylic acids is 1. The third kappa shape index (κ3) is 3.26. The number of hydrogen-bond donors (Lipinski definition) is 2. The summed E-state index contributed by atoms with van der Waals surface area (Å²) in [7, 11) is 0. The third-order valence-electron chi connectivity index (χ3n) is 3.37. The standard InChI is InChI=1S/C17H13N3O3/c21-17(18-13-8-10-14(11-9-13)20(22)23)19-16-7-3-5-12-4-1-2-6-15(12)16/h1-11H,(H2,18,19,21). The first kappa shape index (κ1) is 14.5. The molecule has 0 atom stereocenters. The van der Waals surface area contributed by atoms with Crippen LogP contribution in [0, 0.1) is 10.1 Å². The third-order valence-corrected chi connectivity index (χ3v) is 3.37. The second-order valence-electron chi connectivity index (χ2n) is 4.91. The second kappa shape index (κ2) is 6.15. The molecule has 114 valence electrons. The predicted octanol–water partition coefficient (Wildman–Crippen LogP) is 4.39. The fraction of sp³-hybridized carbons (Fsp3) is 0. The number of nitrogens with one attached hydrogen (secondary N) is 2. The maximum absolute atomic E-state index is 12.1. The lowest BCUT2D eigenvalue weighted by molar-refractivity contribution is -0.384. The molecular formula is C17H13N3O3.